The number of phenols is 1. The molecule has 2 heterocycles. The van der Waals surface area contributed by atoms with Gasteiger partial charge in [0.1, 0.15) is 17.9 Å². The molecule has 3 rings (SSSR count). The predicted molar refractivity (Wildman–Crippen MR) is 91.6 cm³/mol. The molecule has 116 valence electrons. The number of nitroso groups, excluding NO2 is 1. The fraction of sp³-hybridized carbons (Fsp3) is 0.167. The first kappa shape index (κ1) is 15.0. The Morgan fingerprint density at radius 1 is 1.30 bits per heavy atom. The van der Waals surface area contributed by atoms with Crippen LogP contribution in [0.15, 0.2) is 53.8 Å². The number of benzene rings is 1. The van der Waals surface area contributed by atoms with Crippen molar-refractivity contribution in [3.63, 3.8) is 0 Å². The van der Waals surface area contributed by atoms with Crippen LogP contribution in [0.1, 0.15) is 25.1 Å². The molecule has 1 aromatic carbocycles. The number of aromatic nitrogens is 2. The topological polar surface area (TPSA) is 67.5 Å². The van der Waals surface area contributed by atoms with E-state index in [0.717, 1.165) is 33.6 Å². The van der Waals surface area contributed by atoms with Crippen molar-refractivity contribution < 1.29 is 5.11 Å². The minimum Gasteiger partial charge on any atom is -0.508 e. The van der Waals surface area contributed by atoms with Gasteiger partial charge in [0.2, 0.25) is 0 Å². The smallest absolute Gasteiger partial charge is 0.145 e. The molecule has 0 saturated heterocycles. The van der Waals surface area contributed by atoms with Gasteiger partial charge in [0, 0.05) is 22.8 Å². The summed E-state index contributed by atoms with van der Waals surface area (Å²) in [4.78, 5) is 15.4. The normalized spacial score (nSPS) is 11.8. The third-order valence-electron chi connectivity index (χ3n) is 3.97. The maximum Gasteiger partial charge on any atom is 0.145 e. The van der Waals surface area contributed by atoms with Gasteiger partial charge in [-0.25, -0.2) is 4.98 Å². The lowest BCUT2D eigenvalue weighted by atomic mass is 10.1. The van der Waals surface area contributed by atoms with E-state index in [1.165, 1.54) is 0 Å². The third kappa shape index (κ3) is 2.50. The molecule has 0 saturated carbocycles. The molecule has 0 aliphatic rings. The van der Waals surface area contributed by atoms with E-state index in [1.54, 1.807) is 18.3 Å². The van der Waals surface area contributed by atoms with Crippen LogP contribution >= 0.6 is 0 Å². The minimum absolute atomic E-state index is 0.0911. The van der Waals surface area contributed by atoms with Gasteiger partial charge >= 0.3 is 0 Å². The number of aromatic hydroxyl groups is 1. The number of nitrogens with zero attached hydrogens (tertiary/aromatic N) is 3. The van der Waals surface area contributed by atoms with Gasteiger partial charge in [0.25, 0.3) is 0 Å². The average molecular weight is 307 g/mol. The van der Waals surface area contributed by atoms with E-state index in [9.17, 15) is 10.0 Å². The van der Waals surface area contributed by atoms with Crippen LogP contribution in [0.25, 0.3) is 22.3 Å². The number of hydrogen-bond donors (Lipinski definition) is 1. The lowest BCUT2D eigenvalue weighted by Crippen LogP contribution is -2.01. The van der Waals surface area contributed by atoms with E-state index >= 15 is 0 Å². The fourth-order valence-electron chi connectivity index (χ4n) is 2.81. The Morgan fingerprint density at radius 2 is 2.04 bits per heavy atom. The van der Waals surface area contributed by atoms with E-state index in [-0.39, 0.29) is 12.3 Å². The summed E-state index contributed by atoms with van der Waals surface area (Å²) in [7, 11) is 0. The van der Waals surface area contributed by atoms with Crippen molar-refractivity contribution in [2.45, 2.75) is 20.4 Å². The van der Waals surface area contributed by atoms with E-state index in [4.69, 9.17) is 0 Å². The number of fused-ring (bicyclic) bond motifs is 1. The monoisotopic (exact) mass is 307 g/mol. The van der Waals surface area contributed by atoms with Gasteiger partial charge in [-0.15, -0.1) is 0 Å². The van der Waals surface area contributed by atoms with E-state index < -0.39 is 0 Å². The van der Waals surface area contributed by atoms with Crippen LogP contribution in [-0.2, 0) is 6.54 Å². The maximum absolute atomic E-state index is 10.9. The van der Waals surface area contributed by atoms with E-state index in [1.807, 2.05) is 48.8 Å². The summed E-state index contributed by atoms with van der Waals surface area (Å²) in [6, 6.07) is 10.7. The molecule has 3 aromatic rings. The molecule has 5 heteroatoms. The van der Waals surface area contributed by atoms with Crippen molar-refractivity contribution in [2.24, 2.45) is 5.18 Å². The van der Waals surface area contributed by atoms with Gasteiger partial charge in [-0.2, -0.15) is 4.91 Å². The number of hydrogen-bond acceptors (Lipinski definition) is 4. The lowest BCUT2D eigenvalue weighted by Gasteiger charge is -2.12. The molecule has 0 fully saturated rings. The Hall–Kier alpha value is -2.95. The first-order valence-corrected chi connectivity index (χ1v) is 7.37. The molecule has 0 radical (unpaired) electrons. The van der Waals surface area contributed by atoms with Crippen LogP contribution in [0, 0.1) is 4.91 Å². The Morgan fingerprint density at radius 3 is 2.70 bits per heavy atom. The van der Waals surface area contributed by atoms with Crippen LogP contribution in [0.2, 0.25) is 0 Å². The van der Waals surface area contributed by atoms with Crippen molar-refractivity contribution in [3.8, 4) is 11.4 Å². The van der Waals surface area contributed by atoms with Crippen LogP contribution < -0.4 is 0 Å². The molecule has 0 aliphatic carbocycles. The Balaban J connectivity index is 2.43. The number of pyridine rings is 1. The van der Waals surface area contributed by atoms with Gasteiger partial charge in [-0.3, -0.25) is 4.57 Å². The summed E-state index contributed by atoms with van der Waals surface area (Å²) < 4.78 is 2.00. The molecule has 0 aliphatic heterocycles. The van der Waals surface area contributed by atoms with Gasteiger partial charge in [-0.1, -0.05) is 11.3 Å². The first-order valence-electron chi connectivity index (χ1n) is 7.37. The van der Waals surface area contributed by atoms with Crippen LogP contribution in [0.5, 0.6) is 5.75 Å². The Bertz CT molecular complexity index is 893. The molecule has 0 amide bonds. The summed E-state index contributed by atoms with van der Waals surface area (Å²) in [5, 5.41) is 13.5. The Labute approximate surface area is 133 Å². The van der Waals surface area contributed by atoms with Crippen molar-refractivity contribution in [1.82, 2.24) is 9.55 Å². The molecule has 1 N–H and O–H groups in total. The van der Waals surface area contributed by atoms with E-state index in [0.29, 0.717) is 0 Å². The first-order chi connectivity index (χ1) is 11.2. The second kappa shape index (κ2) is 6.04. The zero-order valence-corrected chi connectivity index (χ0v) is 13.0. The quantitative estimate of drug-likeness (QED) is 0.725. The molecule has 0 spiro atoms. The molecular formula is C18H17N3O2. The summed E-state index contributed by atoms with van der Waals surface area (Å²) in [5.41, 5.74) is 4.47. The van der Waals surface area contributed by atoms with Gasteiger partial charge in [-0.05, 0) is 55.8 Å². The van der Waals surface area contributed by atoms with Gasteiger partial charge in [0.15, 0.2) is 0 Å². The molecule has 5 nitrogen and oxygen atoms in total. The lowest BCUT2D eigenvalue weighted by molar-refractivity contribution is 0.475. The van der Waals surface area contributed by atoms with Crippen LogP contribution in [0.4, 0.5) is 0 Å². The molecule has 0 atom stereocenters. The van der Waals surface area contributed by atoms with Crippen molar-refractivity contribution in [2.75, 3.05) is 0 Å². The highest BCUT2D eigenvalue weighted by molar-refractivity contribution is 5.89. The highest BCUT2D eigenvalue weighted by Gasteiger charge is 2.20. The van der Waals surface area contributed by atoms with Crippen molar-refractivity contribution in [1.29, 1.82) is 0 Å². The zero-order chi connectivity index (χ0) is 16.4. The summed E-state index contributed by atoms with van der Waals surface area (Å²) in [6.07, 6.45) is 3.73. The fourth-order valence-corrected chi connectivity index (χ4v) is 2.81. The largest absolute Gasteiger partial charge is 0.508 e. The van der Waals surface area contributed by atoms with Crippen molar-refractivity contribution >= 4 is 16.6 Å². The zero-order valence-electron chi connectivity index (χ0n) is 13.0. The minimum atomic E-state index is 0.0911. The molecule has 23 heavy (non-hydrogen) atoms. The second-order valence-electron chi connectivity index (χ2n) is 5.31. The second-order valence-corrected chi connectivity index (χ2v) is 5.31. The molecular weight excluding hydrogens is 290 g/mol. The van der Waals surface area contributed by atoms with Crippen LogP contribution in [0.3, 0.4) is 0 Å². The predicted octanol–water partition coefficient (Wildman–Crippen LogP) is 4.42. The maximum atomic E-state index is 10.9. The van der Waals surface area contributed by atoms with Gasteiger partial charge < -0.3 is 5.11 Å². The number of phenolic OH excluding ortho intramolecular Hbond substituents is 1. The van der Waals surface area contributed by atoms with Gasteiger partial charge in [0.05, 0.1) is 5.69 Å². The van der Waals surface area contributed by atoms with Crippen LogP contribution in [-0.4, -0.2) is 14.7 Å². The summed E-state index contributed by atoms with van der Waals surface area (Å²) in [5.74, 6) is 0.206. The van der Waals surface area contributed by atoms with Crippen molar-refractivity contribution in [3.05, 3.63) is 64.8 Å². The molecule has 0 unspecified atom stereocenters. The highest BCUT2D eigenvalue weighted by atomic mass is 16.3. The third-order valence-corrected chi connectivity index (χ3v) is 3.97. The number of rotatable bonds is 4. The van der Waals surface area contributed by atoms with E-state index in [2.05, 4.69) is 10.2 Å². The SMILES string of the molecule is CC=C(C)c1c(CN=O)c2cccnc2n1-c1ccc(O)cc1. The Kier molecular flexibility index (Phi) is 3.93. The molecule has 2 aromatic heterocycles. The summed E-state index contributed by atoms with van der Waals surface area (Å²) >= 11 is 0. The molecule has 0 bridgehead atoms. The summed E-state index contributed by atoms with van der Waals surface area (Å²) in [6.45, 7) is 4.05. The average Bonchev–Trinajstić information content (AvgIpc) is 2.90. The highest BCUT2D eigenvalue weighted by Crippen LogP contribution is 2.33. The number of allylic oxidation sites excluding steroid dienone is 2. The standard InChI is InChI=1S/C18H17N3O2/c1-3-12(2)17-16(11-20-23)15-5-4-10-19-18(15)21(17)13-6-8-14(22)9-7-13/h3-10,22H,11H2,1-2H3.